The zero-order valence-electron chi connectivity index (χ0n) is 15.4. The highest BCUT2D eigenvalue weighted by atomic mass is 16.5. The maximum atomic E-state index is 12.4. The van der Waals surface area contributed by atoms with E-state index in [0.717, 1.165) is 22.4 Å². The topological polar surface area (TPSA) is 76.1 Å². The summed E-state index contributed by atoms with van der Waals surface area (Å²) < 4.78 is 5.15. The summed E-state index contributed by atoms with van der Waals surface area (Å²) >= 11 is 0. The molecule has 1 heterocycles. The van der Waals surface area contributed by atoms with Crippen molar-refractivity contribution in [3.63, 3.8) is 0 Å². The zero-order chi connectivity index (χ0) is 19.1. The lowest BCUT2D eigenvalue weighted by Crippen LogP contribution is -2.24. The van der Waals surface area contributed by atoms with Crippen LogP contribution in [-0.2, 0) is 13.1 Å². The lowest BCUT2D eigenvalue weighted by Gasteiger charge is -2.09. The fourth-order valence-electron chi connectivity index (χ4n) is 2.57. The van der Waals surface area contributed by atoms with E-state index in [9.17, 15) is 4.79 Å². The average Bonchev–Trinajstić information content (AvgIpc) is 2.72. The van der Waals surface area contributed by atoms with Gasteiger partial charge in [-0.25, -0.2) is 9.97 Å². The summed E-state index contributed by atoms with van der Waals surface area (Å²) in [6.45, 7) is 3.04. The fraction of sp³-hybridized carbons (Fsp3) is 0.190. The van der Waals surface area contributed by atoms with E-state index >= 15 is 0 Å². The van der Waals surface area contributed by atoms with Crippen LogP contribution >= 0.6 is 0 Å². The molecule has 27 heavy (non-hydrogen) atoms. The number of aromatic nitrogens is 2. The number of amides is 1. The van der Waals surface area contributed by atoms with Gasteiger partial charge < -0.3 is 15.4 Å². The number of hydrogen-bond acceptors (Lipinski definition) is 5. The van der Waals surface area contributed by atoms with E-state index in [1.54, 1.807) is 19.4 Å². The van der Waals surface area contributed by atoms with E-state index < -0.39 is 0 Å². The molecule has 0 saturated heterocycles. The molecule has 0 radical (unpaired) electrons. The SMILES string of the molecule is COc1ccc(CNc2nccc(C(=O)NCc3ccccc3C)n2)cc1. The maximum absolute atomic E-state index is 12.4. The second-order valence-corrected chi connectivity index (χ2v) is 6.08. The van der Waals surface area contributed by atoms with Crippen molar-refractivity contribution in [2.45, 2.75) is 20.0 Å². The summed E-state index contributed by atoms with van der Waals surface area (Å²) in [5, 5.41) is 6.03. The van der Waals surface area contributed by atoms with E-state index in [2.05, 4.69) is 20.6 Å². The number of nitrogens with zero attached hydrogens (tertiary/aromatic N) is 2. The Balaban J connectivity index is 1.58. The van der Waals surface area contributed by atoms with E-state index in [1.165, 1.54) is 0 Å². The van der Waals surface area contributed by atoms with Crippen LogP contribution < -0.4 is 15.4 Å². The normalized spacial score (nSPS) is 10.3. The monoisotopic (exact) mass is 362 g/mol. The number of carbonyl (C=O) groups excluding carboxylic acids is 1. The van der Waals surface area contributed by atoms with Gasteiger partial charge in [0.1, 0.15) is 11.4 Å². The molecule has 0 atom stereocenters. The van der Waals surface area contributed by atoms with Gasteiger partial charge in [-0.1, -0.05) is 36.4 Å². The molecule has 0 bridgehead atoms. The number of aryl methyl sites for hydroxylation is 1. The van der Waals surface area contributed by atoms with Crippen LogP contribution in [0, 0.1) is 6.92 Å². The van der Waals surface area contributed by atoms with Crippen molar-refractivity contribution in [2.24, 2.45) is 0 Å². The Kier molecular flexibility index (Phi) is 5.99. The number of benzene rings is 2. The predicted molar refractivity (Wildman–Crippen MR) is 105 cm³/mol. The summed E-state index contributed by atoms with van der Waals surface area (Å²) in [5.41, 5.74) is 3.62. The second-order valence-electron chi connectivity index (χ2n) is 6.08. The predicted octanol–water partition coefficient (Wildman–Crippen LogP) is 3.34. The third-order valence-electron chi connectivity index (χ3n) is 4.20. The lowest BCUT2D eigenvalue weighted by molar-refractivity contribution is 0.0946. The van der Waals surface area contributed by atoms with E-state index in [-0.39, 0.29) is 5.91 Å². The minimum absolute atomic E-state index is 0.229. The second kappa shape index (κ2) is 8.80. The first kappa shape index (κ1) is 18.4. The van der Waals surface area contributed by atoms with Crippen molar-refractivity contribution in [1.29, 1.82) is 0 Å². The molecular formula is C21H22N4O2. The Labute approximate surface area is 158 Å². The van der Waals surface area contributed by atoms with Gasteiger partial charge in [0, 0.05) is 19.3 Å². The third-order valence-corrected chi connectivity index (χ3v) is 4.20. The van der Waals surface area contributed by atoms with Gasteiger partial charge >= 0.3 is 0 Å². The van der Waals surface area contributed by atoms with Gasteiger partial charge in [-0.15, -0.1) is 0 Å². The molecule has 138 valence electrons. The van der Waals surface area contributed by atoms with Crippen LogP contribution in [0.4, 0.5) is 5.95 Å². The Morgan fingerprint density at radius 2 is 1.81 bits per heavy atom. The molecular weight excluding hydrogens is 340 g/mol. The van der Waals surface area contributed by atoms with Gasteiger partial charge in [-0.3, -0.25) is 4.79 Å². The highest BCUT2D eigenvalue weighted by Crippen LogP contribution is 2.12. The molecule has 0 aliphatic heterocycles. The zero-order valence-corrected chi connectivity index (χ0v) is 15.4. The van der Waals surface area contributed by atoms with Crippen LogP contribution in [0.5, 0.6) is 5.75 Å². The highest BCUT2D eigenvalue weighted by molar-refractivity contribution is 5.92. The highest BCUT2D eigenvalue weighted by Gasteiger charge is 2.09. The molecule has 0 fully saturated rings. The molecule has 0 aliphatic rings. The molecule has 6 heteroatoms. The average molecular weight is 362 g/mol. The van der Waals surface area contributed by atoms with Crippen molar-refractivity contribution in [3.05, 3.63) is 83.2 Å². The first-order chi connectivity index (χ1) is 13.2. The molecule has 0 unspecified atom stereocenters. The van der Waals surface area contributed by atoms with Crippen molar-refractivity contribution >= 4 is 11.9 Å². The largest absolute Gasteiger partial charge is 0.497 e. The smallest absolute Gasteiger partial charge is 0.270 e. The van der Waals surface area contributed by atoms with Crippen LogP contribution in [0.25, 0.3) is 0 Å². The maximum Gasteiger partial charge on any atom is 0.270 e. The molecule has 0 saturated carbocycles. The molecule has 1 amide bonds. The Morgan fingerprint density at radius 1 is 1.04 bits per heavy atom. The third kappa shape index (κ3) is 5.04. The summed E-state index contributed by atoms with van der Waals surface area (Å²) in [4.78, 5) is 20.9. The van der Waals surface area contributed by atoms with Crippen LogP contribution in [-0.4, -0.2) is 23.0 Å². The fourth-order valence-corrected chi connectivity index (χ4v) is 2.57. The van der Waals surface area contributed by atoms with Crippen molar-refractivity contribution in [1.82, 2.24) is 15.3 Å². The molecule has 0 aliphatic carbocycles. The Hall–Kier alpha value is -3.41. The number of methoxy groups -OCH3 is 1. The molecule has 2 aromatic carbocycles. The Bertz CT molecular complexity index is 910. The minimum atomic E-state index is -0.229. The summed E-state index contributed by atoms with van der Waals surface area (Å²) in [6.07, 6.45) is 1.58. The summed E-state index contributed by atoms with van der Waals surface area (Å²) in [7, 11) is 1.64. The lowest BCUT2D eigenvalue weighted by atomic mass is 10.1. The Morgan fingerprint density at radius 3 is 2.56 bits per heavy atom. The van der Waals surface area contributed by atoms with Gasteiger partial charge in [0.2, 0.25) is 5.95 Å². The van der Waals surface area contributed by atoms with Gasteiger partial charge in [0.25, 0.3) is 5.91 Å². The van der Waals surface area contributed by atoms with Crippen LogP contribution in [0.3, 0.4) is 0 Å². The quantitative estimate of drug-likeness (QED) is 0.674. The number of nitrogens with one attached hydrogen (secondary N) is 2. The molecule has 1 aromatic heterocycles. The van der Waals surface area contributed by atoms with Crippen LogP contribution in [0.2, 0.25) is 0 Å². The number of ether oxygens (including phenoxy) is 1. The van der Waals surface area contributed by atoms with Crippen molar-refractivity contribution in [3.8, 4) is 5.75 Å². The van der Waals surface area contributed by atoms with Crippen molar-refractivity contribution in [2.75, 3.05) is 12.4 Å². The standard InChI is InChI=1S/C21H22N4O2/c1-15-5-3-4-6-17(15)14-23-20(26)19-11-12-22-21(25-19)24-13-16-7-9-18(27-2)10-8-16/h3-12H,13-14H2,1-2H3,(H,23,26)(H,22,24,25). The number of anilines is 1. The van der Waals surface area contributed by atoms with Gasteiger partial charge in [-0.05, 0) is 41.8 Å². The molecule has 6 nitrogen and oxygen atoms in total. The van der Waals surface area contributed by atoms with Gasteiger partial charge in [0.15, 0.2) is 0 Å². The van der Waals surface area contributed by atoms with Crippen LogP contribution in [0.1, 0.15) is 27.2 Å². The first-order valence-electron chi connectivity index (χ1n) is 8.68. The van der Waals surface area contributed by atoms with Gasteiger partial charge in [-0.2, -0.15) is 0 Å². The summed E-state index contributed by atoms with van der Waals surface area (Å²) in [5.74, 6) is 0.991. The summed E-state index contributed by atoms with van der Waals surface area (Å²) in [6, 6.07) is 17.3. The minimum Gasteiger partial charge on any atom is -0.497 e. The number of carbonyl (C=O) groups is 1. The molecule has 2 N–H and O–H groups in total. The van der Waals surface area contributed by atoms with Crippen LogP contribution in [0.15, 0.2) is 60.8 Å². The van der Waals surface area contributed by atoms with Gasteiger partial charge in [0.05, 0.1) is 7.11 Å². The first-order valence-corrected chi connectivity index (χ1v) is 8.68. The molecule has 3 rings (SSSR count). The van der Waals surface area contributed by atoms with Crippen molar-refractivity contribution < 1.29 is 9.53 Å². The van der Waals surface area contributed by atoms with E-state index in [4.69, 9.17) is 4.74 Å². The number of hydrogen-bond donors (Lipinski definition) is 2. The van der Waals surface area contributed by atoms with E-state index in [0.29, 0.717) is 24.7 Å². The number of rotatable bonds is 7. The van der Waals surface area contributed by atoms with E-state index in [1.807, 2.05) is 55.5 Å². The molecule has 0 spiro atoms. The molecule has 3 aromatic rings.